The number of Topliss-reactive ketones (excluding diaryl/α,β-unsaturated/α-hetero) is 1. The Hall–Kier alpha value is -2.82. The summed E-state index contributed by atoms with van der Waals surface area (Å²) in [4.78, 5) is 17.7. The molecule has 5 heteroatoms. The van der Waals surface area contributed by atoms with Gasteiger partial charge in [-0.15, -0.1) is 0 Å². The van der Waals surface area contributed by atoms with E-state index in [0.29, 0.717) is 5.56 Å². The second-order valence-electron chi connectivity index (χ2n) is 7.00. The highest BCUT2D eigenvalue weighted by molar-refractivity contribution is 5.97. The molecule has 0 fully saturated rings. The lowest BCUT2D eigenvalue weighted by Crippen LogP contribution is -2.49. The number of hydrogen-bond acceptors (Lipinski definition) is 3. The van der Waals surface area contributed by atoms with Crippen molar-refractivity contribution in [2.24, 2.45) is 5.41 Å². The van der Waals surface area contributed by atoms with Crippen molar-refractivity contribution in [1.29, 1.82) is 0 Å². The molecule has 0 N–H and O–H groups in total. The Morgan fingerprint density at radius 3 is 2.08 bits per heavy atom. The molecule has 128 valence electrons. The van der Waals surface area contributed by atoms with E-state index in [1.165, 1.54) is 24.8 Å². The zero-order valence-electron chi connectivity index (χ0n) is 14.5. The highest BCUT2D eigenvalue weighted by Gasteiger charge is 2.49. The van der Waals surface area contributed by atoms with Gasteiger partial charge in [0, 0.05) is 5.41 Å². The summed E-state index contributed by atoms with van der Waals surface area (Å²) in [5, 5.41) is 4.29. The highest BCUT2D eigenvalue weighted by Crippen LogP contribution is 2.40. The summed E-state index contributed by atoms with van der Waals surface area (Å²) in [6, 6.07) is 15.4. The zero-order valence-corrected chi connectivity index (χ0v) is 14.5. The van der Waals surface area contributed by atoms with Gasteiger partial charge in [0.2, 0.25) is 0 Å². The summed E-state index contributed by atoms with van der Waals surface area (Å²) in [5.74, 6) is -0.407. The molecule has 4 nitrogen and oxygen atoms in total. The summed E-state index contributed by atoms with van der Waals surface area (Å²) in [7, 11) is 0. The standard InChI is InChI=1S/C20H20FN3O/c1-19(2,3)18(25)20(24-14-22-13-23-24,15-7-5-4-6-8-15)16-9-11-17(21)12-10-16/h4-14H,1-3H3. The fourth-order valence-electron chi connectivity index (χ4n) is 3.09. The summed E-state index contributed by atoms with van der Waals surface area (Å²) in [5.41, 5.74) is -0.475. The second kappa shape index (κ2) is 6.24. The molecule has 1 unspecified atom stereocenters. The normalized spacial score (nSPS) is 14.1. The van der Waals surface area contributed by atoms with Crippen LogP contribution < -0.4 is 0 Å². The molecule has 1 atom stereocenters. The first-order valence-corrected chi connectivity index (χ1v) is 8.08. The molecular weight excluding hydrogens is 317 g/mol. The van der Waals surface area contributed by atoms with Gasteiger partial charge in [0.05, 0.1) is 0 Å². The number of aromatic nitrogens is 3. The van der Waals surface area contributed by atoms with Crippen LogP contribution in [-0.4, -0.2) is 20.5 Å². The predicted molar refractivity (Wildman–Crippen MR) is 93.5 cm³/mol. The first kappa shape index (κ1) is 17.0. The Kier molecular flexibility index (Phi) is 4.25. The first-order chi connectivity index (χ1) is 11.9. The largest absolute Gasteiger partial charge is 0.296 e. The minimum absolute atomic E-state index is 0.0525. The minimum atomic E-state index is -1.22. The fourth-order valence-corrected chi connectivity index (χ4v) is 3.09. The molecule has 3 rings (SSSR count). The lowest BCUT2D eigenvalue weighted by atomic mass is 9.70. The quantitative estimate of drug-likeness (QED) is 0.727. The van der Waals surface area contributed by atoms with E-state index in [4.69, 9.17) is 0 Å². The Bertz CT molecular complexity index is 852. The first-order valence-electron chi connectivity index (χ1n) is 8.08. The van der Waals surface area contributed by atoms with Crippen molar-refractivity contribution in [1.82, 2.24) is 14.8 Å². The minimum Gasteiger partial charge on any atom is -0.296 e. The van der Waals surface area contributed by atoms with E-state index in [-0.39, 0.29) is 11.6 Å². The van der Waals surface area contributed by atoms with Gasteiger partial charge in [-0.1, -0.05) is 63.2 Å². The number of nitrogens with zero attached hydrogens (tertiary/aromatic N) is 3. The van der Waals surface area contributed by atoms with E-state index >= 15 is 0 Å². The lowest BCUT2D eigenvalue weighted by Gasteiger charge is -2.38. The molecule has 0 aliphatic carbocycles. The molecule has 0 saturated heterocycles. The Balaban J connectivity index is 2.40. The number of carbonyl (C=O) groups excluding carboxylic acids is 1. The van der Waals surface area contributed by atoms with Crippen LogP contribution in [0, 0.1) is 11.2 Å². The van der Waals surface area contributed by atoms with Gasteiger partial charge in [-0.05, 0) is 23.3 Å². The third-order valence-electron chi connectivity index (χ3n) is 4.23. The molecule has 0 saturated carbocycles. The average Bonchev–Trinajstić information content (AvgIpc) is 3.12. The zero-order chi connectivity index (χ0) is 18.1. The van der Waals surface area contributed by atoms with Gasteiger partial charge in [0.15, 0.2) is 11.3 Å². The number of hydrogen-bond donors (Lipinski definition) is 0. The van der Waals surface area contributed by atoms with Gasteiger partial charge in [0.25, 0.3) is 0 Å². The molecule has 0 aliphatic rings. The molecule has 25 heavy (non-hydrogen) atoms. The van der Waals surface area contributed by atoms with Crippen molar-refractivity contribution in [2.45, 2.75) is 26.3 Å². The number of ketones is 1. The maximum absolute atomic E-state index is 13.7. The van der Waals surface area contributed by atoms with Crippen molar-refractivity contribution in [3.63, 3.8) is 0 Å². The van der Waals surface area contributed by atoms with Crippen molar-refractivity contribution < 1.29 is 9.18 Å². The average molecular weight is 337 g/mol. The molecular formula is C20H20FN3O. The molecule has 0 spiro atoms. The number of rotatable bonds is 4. The van der Waals surface area contributed by atoms with Crippen molar-refractivity contribution in [2.75, 3.05) is 0 Å². The van der Waals surface area contributed by atoms with E-state index in [2.05, 4.69) is 10.1 Å². The number of halogens is 1. The SMILES string of the molecule is CC(C)(C)C(=O)C(c1ccccc1)(c1ccc(F)cc1)n1cncn1. The maximum Gasteiger partial charge on any atom is 0.174 e. The van der Waals surface area contributed by atoms with Crippen molar-refractivity contribution >= 4 is 5.78 Å². The molecule has 0 amide bonds. The maximum atomic E-state index is 13.7. The molecule has 2 aromatic carbocycles. The summed E-state index contributed by atoms with van der Waals surface area (Å²) >= 11 is 0. The van der Waals surface area contributed by atoms with Crippen LogP contribution in [0.25, 0.3) is 0 Å². The Labute approximate surface area is 146 Å². The monoisotopic (exact) mass is 337 g/mol. The van der Waals surface area contributed by atoms with Crippen LogP contribution in [0.1, 0.15) is 31.9 Å². The molecule has 3 aromatic rings. The lowest BCUT2D eigenvalue weighted by molar-refractivity contribution is -0.132. The molecule has 0 aliphatic heterocycles. The van der Waals surface area contributed by atoms with Gasteiger partial charge in [-0.2, -0.15) is 5.10 Å². The van der Waals surface area contributed by atoms with Gasteiger partial charge in [-0.25, -0.2) is 14.1 Å². The fraction of sp³-hybridized carbons (Fsp3) is 0.250. The molecule has 1 heterocycles. The Morgan fingerprint density at radius 2 is 1.56 bits per heavy atom. The molecule has 0 bridgehead atoms. The number of benzene rings is 2. The van der Waals surface area contributed by atoms with E-state index in [1.54, 1.807) is 16.8 Å². The summed E-state index contributed by atoms with van der Waals surface area (Å²) < 4.78 is 15.1. The second-order valence-corrected chi connectivity index (χ2v) is 7.00. The predicted octanol–water partition coefficient (Wildman–Crippen LogP) is 3.82. The summed E-state index contributed by atoms with van der Waals surface area (Å²) in [6.45, 7) is 5.61. The van der Waals surface area contributed by atoms with Crippen LogP contribution in [-0.2, 0) is 10.3 Å². The van der Waals surface area contributed by atoms with E-state index in [1.807, 2.05) is 51.1 Å². The smallest absolute Gasteiger partial charge is 0.174 e. The molecule has 0 radical (unpaired) electrons. The van der Waals surface area contributed by atoms with Crippen LogP contribution in [0.15, 0.2) is 67.3 Å². The van der Waals surface area contributed by atoms with Gasteiger partial charge >= 0.3 is 0 Å². The topological polar surface area (TPSA) is 47.8 Å². The Morgan fingerprint density at radius 1 is 0.960 bits per heavy atom. The van der Waals surface area contributed by atoms with Crippen LogP contribution in [0.5, 0.6) is 0 Å². The van der Waals surface area contributed by atoms with E-state index in [9.17, 15) is 9.18 Å². The highest BCUT2D eigenvalue weighted by atomic mass is 19.1. The van der Waals surface area contributed by atoms with Gasteiger partial charge in [-0.3, -0.25) is 4.79 Å². The van der Waals surface area contributed by atoms with Crippen LogP contribution in [0.3, 0.4) is 0 Å². The van der Waals surface area contributed by atoms with E-state index < -0.39 is 11.0 Å². The van der Waals surface area contributed by atoms with Gasteiger partial charge in [0.1, 0.15) is 18.5 Å². The van der Waals surface area contributed by atoms with Gasteiger partial charge < -0.3 is 0 Å². The van der Waals surface area contributed by atoms with Crippen LogP contribution >= 0.6 is 0 Å². The number of carbonyl (C=O) groups is 1. The third kappa shape index (κ3) is 2.86. The molecule has 1 aromatic heterocycles. The van der Waals surface area contributed by atoms with Crippen LogP contribution in [0.4, 0.5) is 4.39 Å². The van der Waals surface area contributed by atoms with Crippen molar-refractivity contribution in [3.8, 4) is 0 Å². The van der Waals surface area contributed by atoms with E-state index in [0.717, 1.165) is 5.56 Å². The summed E-state index contributed by atoms with van der Waals surface area (Å²) in [6.07, 6.45) is 2.93. The third-order valence-corrected chi connectivity index (χ3v) is 4.23. The van der Waals surface area contributed by atoms with Crippen LogP contribution in [0.2, 0.25) is 0 Å². The van der Waals surface area contributed by atoms with Crippen molar-refractivity contribution in [3.05, 3.63) is 84.2 Å².